The Kier molecular flexibility index (Phi) is 7.41. The fourth-order valence-electron chi connectivity index (χ4n) is 1.84. The summed E-state index contributed by atoms with van der Waals surface area (Å²) >= 11 is 0. The molecule has 0 saturated heterocycles. The van der Waals surface area contributed by atoms with Crippen molar-refractivity contribution in [2.24, 2.45) is 0 Å². The molecule has 1 N–H and O–H groups in total. The first-order chi connectivity index (χ1) is 9.56. The molecule has 20 heavy (non-hydrogen) atoms. The molecule has 0 fully saturated rings. The van der Waals surface area contributed by atoms with Crippen LogP contribution in [0.1, 0.15) is 33.3 Å². The zero-order valence-electron chi connectivity index (χ0n) is 13.2. The summed E-state index contributed by atoms with van der Waals surface area (Å²) in [5.41, 5.74) is 1.19. The molecule has 4 nitrogen and oxygen atoms in total. The van der Waals surface area contributed by atoms with Gasteiger partial charge in [-0.15, -0.1) is 0 Å². The fraction of sp³-hybridized carbons (Fsp3) is 0.625. The van der Waals surface area contributed by atoms with Crippen LogP contribution in [0.3, 0.4) is 0 Å². The summed E-state index contributed by atoms with van der Waals surface area (Å²) in [6.07, 6.45) is -0.00107. The third-order valence-corrected chi connectivity index (χ3v) is 2.75. The topological polar surface area (TPSA) is 39.7 Å². The Bertz CT molecular complexity index is 393. The van der Waals surface area contributed by atoms with Gasteiger partial charge in [0, 0.05) is 19.7 Å². The highest BCUT2D eigenvalue weighted by Crippen LogP contribution is 2.29. The van der Waals surface area contributed by atoms with Crippen LogP contribution in [0.4, 0.5) is 0 Å². The average molecular weight is 281 g/mol. The Morgan fingerprint density at radius 1 is 1.15 bits per heavy atom. The van der Waals surface area contributed by atoms with Gasteiger partial charge in [0.1, 0.15) is 6.10 Å². The van der Waals surface area contributed by atoms with E-state index in [1.807, 2.05) is 26.0 Å². The molecule has 0 amide bonds. The van der Waals surface area contributed by atoms with Crippen molar-refractivity contribution in [3.05, 3.63) is 23.8 Å². The third kappa shape index (κ3) is 5.80. The van der Waals surface area contributed by atoms with Crippen molar-refractivity contribution in [2.45, 2.75) is 46.4 Å². The highest BCUT2D eigenvalue weighted by molar-refractivity contribution is 5.43. The van der Waals surface area contributed by atoms with Gasteiger partial charge in [-0.05, 0) is 31.5 Å². The summed E-state index contributed by atoms with van der Waals surface area (Å²) in [6.45, 7) is 10.2. The minimum atomic E-state index is -0.00107. The number of ether oxygens (including phenoxy) is 3. The molecule has 0 saturated carbocycles. The van der Waals surface area contributed by atoms with E-state index in [0.717, 1.165) is 18.0 Å². The van der Waals surface area contributed by atoms with Crippen LogP contribution in [0.25, 0.3) is 0 Å². The van der Waals surface area contributed by atoms with Gasteiger partial charge in [-0.25, -0.2) is 0 Å². The van der Waals surface area contributed by atoms with Crippen LogP contribution in [0.5, 0.6) is 11.5 Å². The quantitative estimate of drug-likeness (QED) is 0.755. The van der Waals surface area contributed by atoms with Crippen molar-refractivity contribution >= 4 is 0 Å². The maximum Gasteiger partial charge on any atom is 0.161 e. The van der Waals surface area contributed by atoms with Crippen LogP contribution in [-0.4, -0.2) is 32.5 Å². The second-order valence-corrected chi connectivity index (χ2v) is 5.13. The molecule has 1 rings (SSSR count). The molecule has 0 spiro atoms. The lowest BCUT2D eigenvalue weighted by molar-refractivity contribution is 0.0894. The standard InChI is InChI=1S/C16H27NO3/c1-6-19-16-9-14(10-17-12(2)3)7-8-15(16)20-13(4)11-18-5/h7-9,12-13,17H,6,10-11H2,1-5H3. The SMILES string of the molecule is CCOc1cc(CNC(C)C)ccc1OC(C)COC. The normalized spacial score (nSPS) is 12.5. The summed E-state index contributed by atoms with van der Waals surface area (Å²) in [5, 5.41) is 3.40. The largest absolute Gasteiger partial charge is 0.490 e. The van der Waals surface area contributed by atoms with Gasteiger partial charge in [0.2, 0.25) is 0 Å². The van der Waals surface area contributed by atoms with Crippen molar-refractivity contribution < 1.29 is 14.2 Å². The second-order valence-electron chi connectivity index (χ2n) is 5.13. The Balaban J connectivity index is 2.78. The summed E-state index contributed by atoms with van der Waals surface area (Å²) in [7, 11) is 1.67. The third-order valence-electron chi connectivity index (χ3n) is 2.75. The van der Waals surface area contributed by atoms with Gasteiger partial charge >= 0.3 is 0 Å². The molecule has 4 heteroatoms. The average Bonchev–Trinajstić information content (AvgIpc) is 2.39. The molecule has 1 atom stereocenters. The highest BCUT2D eigenvalue weighted by Gasteiger charge is 2.10. The van der Waals surface area contributed by atoms with E-state index in [0.29, 0.717) is 19.3 Å². The van der Waals surface area contributed by atoms with E-state index >= 15 is 0 Å². The second kappa shape index (κ2) is 8.82. The van der Waals surface area contributed by atoms with Gasteiger partial charge in [0.25, 0.3) is 0 Å². The van der Waals surface area contributed by atoms with E-state index in [4.69, 9.17) is 14.2 Å². The van der Waals surface area contributed by atoms with Gasteiger partial charge in [0.05, 0.1) is 13.2 Å². The monoisotopic (exact) mass is 281 g/mol. The lowest BCUT2D eigenvalue weighted by Gasteiger charge is -2.18. The molecule has 0 aliphatic rings. The van der Waals surface area contributed by atoms with E-state index in [1.165, 1.54) is 5.56 Å². The molecule has 0 bridgehead atoms. The Morgan fingerprint density at radius 3 is 2.50 bits per heavy atom. The van der Waals surface area contributed by atoms with Crippen molar-refractivity contribution in [1.29, 1.82) is 0 Å². The molecule has 0 aliphatic heterocycles. The van der Waals surface area contributed by atoms with Gasteiger partial charge in [-0.2, -0.15) is 0 Å². The first kappa shape index (κ1) is 16.8. The molecular formula is C16H27NO3. The van der Waals surface area contributed by atoms with E-state index < -0.39 is 0 Å². The first-order valence-electron chi connectivity index (χ1n) is 7.21. The fourth-order valence-corrected chi connectivity index (χ4v) is 1.84. The summed E-state index contributed by atoms with van der Waals surface area (Å²) in [4.78, 5) is 0. The molecule has 1 aromatic carbocycles. The number of benzene rings is 1. The molecule has 0 radical (unpaired) electrons. The Morgan fingerprint density at radius 2 is 1.90 bits per heavy atom. The molecule has 0 aromatic heterocycles. The van der Waals surface area contributed by atoms with E-state index in [-0.39, 0.29) is 6.10 Å². The van der Waals surface area contributed by atoms with Crippen molar-refractivity contribution in [2.75, 3.05) is 20.3 Å². The number of methoxy groups -OCH3 is 1. The molecule has 1 unspecified atom stereocenters. The first-order valence-corrected chi connectivity index (χ1v) is 7.21. The summed E-state index contributed by atoms with van der Waals surface area (Å²) in [6, 6.07) is 6.53. The molecule has 114 valence electrons. The predicted octanol–water partition coefficient (Wildman–Crippen LogP) is 3.00. The minimum Gasteiger partial charge on any atom is -0.490 e. The Labute approximate surface area is 122 Å². The zero-order chi connectivity index (χ0) is 15.0. The van der Waals surface area contributed by atoms with Crippen molar-refractivity contribution in [3.8, 4) is 11.5 Å². The number of hydrogen-bond acceptors (Lipinski definition) is 4. The molecule has 0 heterocycles. The number of rotatable bonds is 9. The van der Waals surface area contributed by atoms with Crippen LogP contribution < -0.4 is 14.8 Å². The molecular weight excluding hydrogens is 254 g/mol. The van der Waals surface area contributed by atoms with Crippen LogP contribution in [-0.2, 0) is 11.3 Å². The van der Waals surface area contributed by atoms with Crippen molar-refractivity contribution in [3.63, 3.8) is 0 Å². The van der Waals surface area contributed by atoms with Gasteiger partial charge in [-0.1, -0.05) is 19.9 Å². The summed E-state index contributed by atoms with van der Waals surface area (Å²) < 4.78 is 16.6. The molecule has 1 aromatic rings. The summed E-state index contributed by atoms with van der Waals surface area (Å²) in [5.74, 6) is 1.56. The lowest BCUT2D eigenvalue weighted by Crippen LogP contribution is -2.22. The number of hydrogen-bond donors (Lipinski definition) is 1. The minimum absolute atomic E-state index is 0.00107. The maximum absolute atomic E-state index is 5.85. The van der Waals surface area contributed by atoms with Crippen LogP contribution in [0, 0.1) is 0 Å². The Hall–Kier alpha value is -1.26. The van der Waals surface area contributed by atoms with E-state index in [9.17, 15) is 0 Å². The van der Waals surface area contributed by atoms with Crippen LogP contribution in [0.15, 0.2) is 18.2 Å². The number of nitrogens with one attached hydrogen (secondary N) is 1. The van der Waals surface area contributed by atoms with Crippen LogP contribution >= 0.6 is 0 Å². The highest BCUT2D eigenvalue weighted by atomic mass is 16.5. The van der Waals surface area contributed by atoms with Crippen LogP contribution in [0.2, 0.25) is 0 Å². The van der Waals surface area contributed by atoms with Crippen molar-refractivity contribution in [1.82, 2.24) is 5.32 Å². The zero-order valence-corrected chi connectivity index (χ0v) is 13.2. The van der Waals surface area contributed by atoms with Gasteiger partial charge < -0.3 is 19.5 Å². The maximum atomic E-state index is 5.85. The smallest absolute Gasteiger partial charge is 0.161 e. The van der Waals surface area contributed by atoms with Gasteiger partial charge in [0.15, 0.2) is 11.5 Å². The molecule has 0 aliphatic carbocycles. The van der Waals surface area contributed by atoms with E-state index in [2.05, 4.69) is 25.2 Å². The van der Waals surface area contributed by atoms with E-state index in [1.54, 1.807) is 7.11 Å². The predicted molar refractivity (Wildman–Crippen MR) is 81.6 cm³/mol. The van der Waals surface area contributed by atoms with Gasteiger partial charge in [-0.3, -0.25) is 0 Å². The lowest BCUT2D eigenvalue weighted by atomic mass is 10.2.